The van der Waals surface area contributed by atoms with E-state index in [4.69, 9.17) is 0 Å². The van der Waals surface area contributed by atoms with Gasteiger partial charge in [0.2, 0.25) is 5.91 Å². The minimum absolute atomic E-state index is 0.0150. The van der Waals surface area contributed by atoms with Crippen molar-refractivity contribution in [3.05, 3.63) is 42.8 Å². The zero-order valence-corrected chi connectivity index (χ0v) is 12.3. The fraction of sp³-hybridized carbons (Fsp3) is 0.500. The lowest BCUT2D eigenvalue weighted by Crippen LogP contribution is -2.38. The molecule has 1 unspecified atom stereocenters. The smallest absolute Gasteiger partial charge is 0.246 e. The monoisotopic (exact) mass is 273 g/mol. The minimum Gasteiger partial charge on any atom is -0.328 e. The largest absolute Gasteiger partial charge is 0.328 e. The summed E-state index contributed by atoms with van der Waals surface area (Å²) in [6, 6.07) is 0.513. The maximum atomic E-state index is 12.1. The van der Waals surface area contributed by atoms with E-state index in [1.54, 1.807) is 0 Å². The molecule has 0 radical (unpaired) electrons. The van der Waals surface area contributed by atoms with Crippen molar-refractivity contribution in [3.63, 3.8) is 0 Å². The van der Waals surface area contributed by atoms with Crippen LogP contribution in [-0.4, -0.2) is 26.6 Å². The van der Waals surface area contributed by atoms with Crippen molar-refractivity contribution in [2.45, 2.75) is 51.7 Å². The fourth-order valence-electron chi connectivity index (χ4n) is 2.47. The Morgan fingerprint density at radius 3 is 3.00 bits per heavy atom. The summed E-state index contributed by atoms with van der Waals surface area (Å²) in [4.78, 5) is 14.0. The van der Waals surface area contributed by atoms with E-state index in [1.807, 2.05) is 22.0 Å². The molecular weight excluding hydrogens is 250 g/mol. The summed E-state index contributed by atoms with van der Waals surface area (Å²) in [6.07, 6.45) is 12.8. The van der Waals surface area contributed by atoms with Crippen LogP contribution in [0, 0.1) is 0 Å². The molecule has 1 amide bonds. The predicted octanol–water partition coefficient (Wildman–Crippen LogP) is 3.09. The Bertz CT molecular complexity index is 502. The first-order valence-electron chi connectivity index (χ1n) is 7.24. The highest BCUT2D eigenvalue weighted by Crippen LogP contribution is 2.19. The van der Waals surface area contributed by atoms with Crippen LogP contribution >= 0.6 is 0 Å². The molecule has 1 aromatic heterocycles. The van der Waals surface area contributed by atoms with Crippen LogP contribution in [0.15, 0.2) is 37.2 Å². The molecule has 0 bridgehead atoms. The Labute approximate surface area is 120 Å². The summed E-state index contributed by atoms with van der Waals surface area (Å²) in [5.74, 6) is -0.0150. The van der Waals surface area contributed by atoms with Crippen molar-refractivity contribution < 1.29 is 4.79 Å². The van der Waals surface area contributed by atoms with E-state index in [1.165, 1.54) is 6.08 Å². The molecule has 0 fully saturated rings. The molecule has 1 aromatic rings. The highest BCUT2D eigenvalue weighted by Gasteiger charge is 2.21. The Hall–Kier alpha value is -1.84. The number of allylic oxidation sites excluding steroid dienone is 1. The summed E-state index contributed by atoms with van der Waals surface area (Å²) in [7, 11) is 0. The van der Waals surface area contributed by atoms with Crippen molar-refractivity contribution in [1.29, 1.82) is 0 Å². The van der Waals surface area contributed by atoms with Crippen molar-refractivity contribution in [2.24, 2.45) is 0 Å². The van der Waals surface area contributed by atoms with Gasteiger partial charge in [-0.2, -0.15) is 5.10 Å². The Morgan fingerprint density at radius 2 is 2.45 bits per heavy atom. The third kappa shape index (κ3) is 3.38. The van der Waals surface area contributed by atoms with Gasteiger partial charge in [0.05, 0.1) is 12.2 Å². The first-order valence-corrected chi connectivity index (χ1v) is 7.24. The fourth-order valence-corrected chi connectivity index (χ4v) is 2.47. The van der Waals surface area contributed by atoms with Crippen LogP contribution in [0.2, 0.25) is 0 Å². The Morgan fingerprint density at radius 1 is 1.65 bits per heavy atom. The van der Waals surface area contributed by atoms with Gasteiger partial charge in [-0.3, -0.25) is 9.48 Å². The summed E-state index contributed by atoms with van der Waals surface area (Å²) < 4.78 is 1.92. The van der Waals surface area contributed by atoms with Crippen LogP contribution in [-0.2, 0) is 11.3 Å². The standard InChI is InChI=1S/C16H23N3O/c1-4-16(20)18(15-8-6-5-7-9-15)11-14-10-17-19(12-14)13(2)3/h4,6,8,10,12-13,15H,1,5,7,9,11H2,2-3H3. The third-order valence-corrected chi connectivity index (χ3v) is 3.62. The highest BCUT2D eigenvalue weighted by molar-refractivity contribution is 5.87. The molecule has 0 saturated heterocycles. The molecular formula is C16H23N3O. The number of rotatable bonds is 5. The molecule has 2 rings (SSSR count). The second-order valence-corrected chi connectivity index (χ2v) is 5.52. The van der Waals surface area contributed by atoms with Crippen molar-refractivity contribution >= 4 is 5.91 Å². The molecule has 0 saturated carbocycles. The van der Waals surface area contributed by atoms with Gasteiger partial charge < -0.3 is 4.90 Å². The first-order chi connectivity index (χ1) is 9.61. The molecule has 1 aliphatic rings. The molecule has 1 atom stereocenters. The van der Waals surface area contributed by atoms with E-state index < -0.39 is 0 Å². The summed E-state index contributed by atoms with van der Waals surface area (Å²) in [5, 5.41) is 4.33. The third-order valence-electron chi connectivity index (χ3n) is 3.62. The average molecular weight is 273 g/mol. The zero-order chi connectivity index (χ0) is 14.5. The lowest BCUT2D eigenvalue weighted by Gasteiger charge is -2.30. The van der Waals surface area contributed by atoms with Crippen LogP contribution in [0.4, 0.5) is 0 Å². The zero-order valence-electron chi connectivity index (χ0n) is 12.3. The van der Waals surface area contributed by atoms with E-state index in [2.05, 4.69) is 37.7 Å². The maximum Gasteiger partial charge on any atom is 0.246 e. The molecule has 20 heavy (non-hydrogen) atoms. The van der Waals surface area contributed by atoms with Crippen molar-refractivity contribution in [3.8, 4) is 0 Å². The number of amides is 1. The van der Waals surface area contributed by atoms with Crippen LogP contribution in [0.25, 0.3) is 0 Å². The van der Waals surface area contributed by atoms with E-state index >= 15 is 0 Å². The van der Waals surface area contributed by atoms with E-state index in [-0.39, 0.29) is 11.9 Å². The SMILES string of the molecule is C=CC(=O)N(Cc1cnn(C(C)C)c1)C1C=CCCC1. The number of carbonyl (C=O) groups is 1. The second kappa shape index (κ2) is 6.55. The van der Waals surface area contributed by atoms with Crippen LogP contribution < -0.4 is 0 Å². The normalized spacial score (nSPS) is 18.2. The minimum atomic E-state index is -0.0150. The molecule has 1 heterocycles. The summed E-state index contributed by atoms with van der Waals surface area (Å²) in [5.41, 5.74) is 1.06. The van der Waals surface area contributed by atoms with Crippen LogP contribution in [0.3, 0.4) is 0 Å². The molecule has 0 aromatic carbocycles. The van der Waals surface area contributed by atoms with Gasteiger partial charge in [-0.1, -0.05) is 18.7 Å². The van der Waals surface area contributed by atoms with E-state index in [9.17, 15) is 4.79 Å². The lowest BCUT2D eigenvalue weighted by atomic mass is 10.0. The molecule has 0 spiro atoms. The molecule has 4 heteroatoms. The topological polar surface area (TPSA) is 38.1 Å². The van der Waals surface area contributed by atoms with Gasteiger partial charge in [0, 0.05) is 24.3 Å². The second-order valence-electron chi connectivity index (χ2n) is 5.52. The van der Waals surface area contributed by atoms with Gasteiger partial charge in [-0.15, -0.1) is 0 Å². The van der Waals surface area contributed by atoms with Crippen LogP contribution in [0.5, 0.6) is 0 Å². The number of hydrogen-bond donors (Lipinski definition) is 0. The summed E-state index contributed by atoms with van der Waals surface area (Å²) in [6.45, 7) is 8.39. The van der Waals surface area contributed by atoms with Crippen LogP contribution in [0.1, 0.15) is 44.7 Å². The number of hydrogen-bond acceptors (Lipinski definition) is 2. The van der Waals surface area contributed by atoms with Gasteiger partial charge in [-0.05, 0) is 39.2 Å². The quantitative estimate of drug-likeness (QED) is 0.611. The Balaban J connectivity index is 2.14. The lowest BCUT2D eigenvalue weighted by molar-refractivity contribution is -0.128. The van der Waals surface area contributed by atoms with Gasteiger partial charge in [0.1, 0.15) is 0 Å². The number of aromatic nitrogens is 2. The van der Waals surface area contributed by atoms with E-state index in [0.717, 1.165) is 24.8 Å². The maximum absolute atomic E-state index is 12.1. The van der Waals surface area contributed by atoms with Gasteiger partial charge in [0.15, 0.2) is 0 Å². The summed E-state index contributed by atoms with van der Waals surface area (Å²) >= 11 is 0. The molecule has 4 nitrogen and oxygen atoms in total. The first kappa shape index (κ1) is 14.6. The molecule has 0 aliphatic heterocycles. The molecule has 1 aliphatic carbocycles. The Kier molecular flexibility index (Phi) is 4.77. The average Bonchev–Trinajstić information content (AvgIpc) is 2.94. The van der Waals surface area contributed by atoms with Crippen molar-refractivity contribution in [1.82, 2.24) is 14.7 Å². The van der Waals surface area contributed by atoms with Gasteiger partial charge in [0.25, 0.3) is 0 Å². The molecule has 108 valence electrons. The predicted molar refractivity (Wildman–Crippen MR) is 80.1 cm³/mol. The molecule has 0 N–H and O–H groups in total. The van der Waals surface area contributed by atoms with Gasteiger partial charge >= 0.3 is 0 Å². The number of carbonyl (C=O) groups excluding carboxylic acids is 1. The number of nitrogens with zero attached hydrogens (tertiary/aromatic N) is 3. The highest BCUT2D eigenvalue weighted by atomic mass is 16.2. The van der Waals surface area contributed by atoms with Crippen molar-refractivity contribution in [2.75, 3.05) is 0 Å². The van der Waals surface area contributed by atoms with E-state index in [0.29, 0.717) is 12.6 Å². The van der Waals surface area contributed by atoms with Gasteiger partial charge in [-0.25, -0.2) is 0 Å².